The molecule has 0 aliphatic carbocycles. The highest BCUT2D eigenvalue weighted by Gasteiger charge is 2.27. The summed E-state index contributed by atoms with van der Waals surface area (Å²) in [5, 5.41) is 9.63. The molecule has 1 aromatic rings. The van der Waals surface area contributed by atoms with Crippen molar-refractivity contribution in [1.29, 1.82) is 0 Å². The molecule has 17 heavy (non-hydrogen) atoms. The van der Waals surface area contributed by atoms with E-state index in [1.165, 1.54) is 0 Å². The molecule has 0 aliphatic heterocycles. The van der Waals surface area contributed by atoms with Crippen molar-refractivity contribution in [3.05, 3.63) is 11.8 Å². The Labute approximate surface area is 102 Å². The van der Waals surface area contributed by atoms with Crippen LogP contribution in [0.15, 0.2) is 6.07 Å². The predicted octanol–water partition coefficient (Wildman–Crippen LogP) is 1.84. The Kier molecular flexibility index (Phi) is 3.93. The summed E-state index contributed by atoms with van der Waals surface area (Å²) in [4.78, 5) is 11.8. The Morgan fingerprint density at radius 3 is 2.47 bits per heavy atom. The summed E-state index contributed by atoms with van der Waals surface area (Å²) in [6.07, 6.45) is 0. The Morgan fingerprint density at radius 2 is 2.06 bits per heavy atom. The number of H-pyrrole nitrogens is 1. The molecule has 0 aromatic carbocycles. The van der Waals surface area contributed by atoms with Gasteiger partial charge in [0.2, 0.25) is 5.91 Å². The molecular weight excluding hydrogens is 216 g/mol. The second-order valence-corrected chi connectivity index (χ2v) is 5.70. The summed E-state index contributed by atoms with van der Waals surface area (Å²) in [7, 11) is 0. The van der Waals surface area contributed by atoms with Crippen LogP contribution >= 0.6 is 0 Å². The fourth-order valence-corrected chi connectivity index (χ4v) is 1.29. The number of nitrogens with zero attached hydrogens (tertiary/aromatic N) is 1. The van der Waals surface area contributed by atoms with Gasteiger partial charge in [0.25, 0.3) is 0 Å². The van der Waals surface area contributed by atoms with Gasteiger partial charge in [-0.3, -0.25) is 9.89 Å². The minimum atomic E-state index is -0.554. The van der Waals surface area contributed by atoms with Crippen LogP contribution in [0.2, 0.25) is 0 Å². The standard InChI is InChI=1S/C12H22N4O/c1-7(2)8-6-9(16-15-8)14-11(17)10(13)12(3,4)5/h6-7,10H,13H2,1-5H3,(H2,14,15,16,17)/t10-/m1/s1. The maximum Gasteiger partial charge on any atom is 0.243 e. The minimum Gasteiger partial charge on any atom is -0.319 e. The van der Waals surface area contributed by atoms with Crippen LogP contribution in [0.3, 0.4) is 0 Å². The Hall–Kier alpha value is -1.36. The van der Waals surface area contributed by atoms with Crippen molar-refractivity contribution in [3.8, 4) is 0 Å². The van der Waals surface area contributed by atoms with E-state index in [1.807, 2.05) is 26.8 Å². The number of aromatic amines is 1. The first-order chi connectivity index (χ1) is 7.71. The van der Waals surface area contributed by atoms with Gasteiger partial charge in [-0.15, -0.1) is 0 Å². The van der Waals surface area contributed by atoms with E-state index in [4.69, 9.17) is 5.73 Å². The molecule has 0 bridgehead atoms. The van der Waals surface area contributed by atoms with Gasteiger partial charge in [-0.05, 0) is 11.3 Å². The lowest BCUT2D eigenvalue weighted by molar-refractivity contribution is -0.119. The van der Waals surface area contributed by atoms with Crippen molar-refractivity contribution in [3.63, 3.8) is 0 Å². The fourth-order valence-electron chi connectivity index (χ4n) is 1.29. The molecule has 0 fully saturated rings. The third kappa shape index (κ3) is 3.56. The van der Waals surface area contributed by atoms with E-state index >= 15 is 0 Å². The maximum absolute atomic E-state index is 11.8. The van der Waals surface area contributed by atoms with E-state index < -0.39 is 6.04 Å². The number of nitrogens with one attached hydrogen (secondary N) is 2. The Morgan fingerprint density at radius 1 is 1.47 bits per heavy atom. The van der Waals surface area contributed by atoms with Crippen LogP contribution in [0.1, 0.15) is 46.2 Å². The summed E-state index contributed by atoms with van der Waals surface area (Å²) in [6, 6.07) is 1.28. The zero-order valence-electron chi connectivity index (χ0n) is 11.2. The van der Waals surface area contributed by atoms with Gasteiger partial charge in [-0.25, -0.2) is 0 Å². The third-order valence-electron chi connectivity index (χ3n) is 2.69. The van der Waals surface area contributed by atoms with Crippen LogP contribution in [0.25, 0.3) is 0 Å². The maximum atomic E-state index is 11.8. The van der Waals surface area contributed by atoms with Crippen LogP contribution in [0.4, 0.5) is 5.82 Å². The SMILES string of the molecule is CC(C)c1cc(NC(=O)[C@@H](N)C(C)(C)C)n[nH]1. The molecule has 0 spiro atoms. The van der Waals surface area contributed by atoms with Crippen LogP contribution in [0, 0.1) is 5.41 Å². The largest absolute Gasteiger partial charge is 0.319 e. The number of rotatable bonds is 3. The van der Waals surface area contributed by atoms with Gasteiger partial charge in [0.15, 0.2) is 5.82 Å². The van der Waals surface area contributed by atoms with Crippen LogP contribution in [-0.4, -0.2) is 22.1 Å². The van der Waals surface area contributed by atoms with Gasteiger partial charge in [-0.1, -0.05) is 34.6 Å². The third-order valence-corrected chi connectivity index (χ3v) is 2.69. The first-order valence-electron chi connectivity index (χ1n) is 5.83. The fraction of sp³-hybridized carbons (Fsp3) is 0.667. The first kappa shape index (κ1) is 13.7. The lowest BCUT2D eigenvalue weighted by atomic mass is 9.87. The molecule has 1 rings (SSSR count). The molecule has 96 valence electrons. The van der Waals surface area contributed by atoms with E-state index in [9.17, 15) is 4.79 Å². The molecule has 4 N–H and O–H groups in total. The highest BCUT2D eigenvalue weighted by atomic mass is 16.2. The van der Waals surface area contributed by atoms with Gasteiger partial charge in [-0.2, -0.15) is 5.10 Å². The number of aromatic nitrogens is 2. The van der Waals surface area contributed by atoms with E-state index in [0.29, 0.717) is 11.7 Å². The molecule has 0 saturated heterocycles. The Bertz CT molecular complexity index is 389. The quantitative estimate of drug-likeness (QED) is 0.751. The molecule has 0 saturated carbocycles. The zero-order chi connectivity index (χ0) is 13.2. The zero-order valence-corrected chi connectivity index (χ0v) is 11.2. The molecule has 1 heterocycles. The van der Waals surface area contributed by atoms with Crippen molar-refractivity contribution in [2.24, 2.45) is 11.1 Å². The smallest absolute Gasteiger partial charge is 0.243 e. The van der Waals surface area contributed by atoms with Crippen LogP contribution in [-0.2, 0) is 4.79 Å². The van der Waals surface area contributed by atoms with Gasteiger partial charge in [0, 0.05) is 11.8 Å². The van der Waals surface area contributed by atoms with Crippen molar-refractivity contribution >= 4 is 11.7 Å². The second-order valence-electron chi connectivity index (χ2n) is 5.70. The average Bonchev–Trinajstić information content (AvgIpc) is 2.63. The molecule has 1 aromatic heterocycles. The Balaban J connectivity index is 2.68. The van der Waals surface area contributed by atoms with Crippen molar-refractivity contribution in [1.82, 2.24) is 10.2 Å². The molecular formula is C12H22N4O. The normalized spacial score (nSPS) is 13.8. The van der Waals surface area contributed by atoms with Crippen molar-refractivity contribution < 1.29 is 4.79 Å². The summed E-state index contributed by atoms with van der Waals surface area (Å²) in [6.45, 7) is 9.91. The van der Waals surface area contributed by atoms with Gasteiger partial charge < -0.3 is 11.1 Å². The topological polar surface area (TPSA) is 83.8 Å². The summed E-state index contributed by atoms with van der Waals surface area (Å²) < 4.78 is 0. The highest BCUT2D eigenvalue weighted by Crippen LogP contribution is 2.19. The van der Waals surface area contributed by atoms with Crippen molar-refractivity contribution in [2.45, 2.75) is 46.6 Å². The van der Waals surface area contributed by atoms with Gasteiger partial charge >= 0.3 is 0 Å². The lowest BCUT2D eigenvalue weighted by Gasteiger charge is -2.25. The van der Waals surface area contributed by atoms with Crippen molar-refractivity contribution in [2.75, 3.05) is 5.32 Å². The molecule has 5 nitrogen and oxygen atoms in total. The van der Waals surface area contributed by atoms with E-state index in [1.54, 1.807) is 0 Å². The van der Waals surface area contributed by atoms with E-state index in [2.05, 4.69) is 29.4 Å². The summed E-state index contributed by atoms with van der Waals surface area (Å²) in [5.41, 5.74) is 6.59. The molecule has 0 unspecified atom stereocenters. The molecule has 0 radical (unpaired) electrons. The average molecular weight is 238 g/mol. The monoisotopic (exact) mass is 238 g/mol. The summed E-state index contributed by atoms with van der Waals surface area (Å²) >= 11 is 0. The van der Waals surface area contributed by atoms with Crippen LogP contribution < -0.4 is 11.1 Å². The van der Waals surface area contributed by atoms with E-state index in [-0.39, 0.29) is 11.3 Å². The van der Waals surface area contributed by atoms with Gasteiger partial charge in [0.1, 0.15) is 0 Å². The second kappa shape index (κ2) is 4.87. The van der Waals surface area contributed by atoms with Gasteiger partial charge in [0.05, 0.1) is 6.04 Å². The predicted molar refractivity (Wildman–Crippen MR) is 68.7 cm³/mol. The highest BCUT2D eigenvalue weighted by molar-refractivity contribution is 5.94. The molecule has 0 aliphatic rings. The number of nitrogens with two attached hydrogens (primary N) is 1. The number of anilines is 1. The van der Waals surface area contributed by atoms with Crippen LogP contribution in [0.5, 0.6) is 0 Å². The molecule has 5 heteroatoms. The first-order valence-corrected chi connectivity index (χ1v) is 5.83. The van der Waals surface area contributed by atoms with E-state index in [0.717, 1.165) is 5.69 Å². The number of hydrogen-bond acceptors (Lipinski definition) is 3. The summed E-state index contributed by atoms with van der Waals surface area (Å²) in [5.74, 6) is 0.669. The number of hydrogen-bond donors (Lipinski definition) is 3. The molecule has 1 atom stereocenters. The number of carbonyl (C=O) groups excluding carboxylic acids is 1. The number of carbonyl (C=O) groups is 1. The minimum absolute atomic E-state index is 0.209. The number of amides is 1. The lowest BCUT2D eigenvalue weighted by Crippen LogP contribution is -2.45. The molecule has 1 amide bonds.